The third-order valence-corrected chi connectivity index (χ3v) is 3.24. The molecule has 0 unspecified atom stereocenters. The predicted molar refractivity (Wildman–Crippen MR) is 83.1 cm³/mol. The van der Waals surface area contributed by atoms with Gasteiger partial charge in [-0.05, 0) is 12.1 Å². The van der Waals surface area contributed by atoms with Gasteiger partial charge in [-0.15, -0.1) is 0 Å². The lowest BCUT2D eigenvalue weighted by Gasteiger charge is -1.96. The molecule has 0 spiro atoms. The highest BCUT2D eigenvalue weighted by molar-refractivity contribution is 5.87. The van der Waals surface area contributed by atoms with Gasteiger partial charge in [0.1, 0.15) is 5.69 Å². The minimum Gasteiger partial charge on any atom is -0.464 e. The van der Waals surface area contributed by atoms with E-state index in [9.17, 15) is 22.4 Å². The molecule has 0 amide bonds. The normalized spacial score (nSPS) is 10.8. The van der Waals surface area contributed by atoms with Crippen LogP contribution in [0.5, 0.6) is 0 Å². The molecule has 146 valence electrons. The number of aliphatic hydroxyl groups excluding tert-OH is 1. The van der Waals surface area contributed by atoms with E-state index in [-0.39, 0.29) is 24.4 Å². The van der Waals surface area contributed by atoms with Gasteiger partial charge in [0.15, 0.2) is 0 Å². The Morgan fingerprint density at radius 3 is 2.00 bits per heavy atom. The number of aryl methyl sites for hydroxylation is 2. The first-order valence-electron chi connectivity index (χ1n) is 7.48. The summed E-state index contributed by atoms with van der Waals surface area (Å²) in [6.45, 7) is -0.174. The maximum Gasteiger partial charge on any atom is 0.356 e. The summed E-state index contributed by atoms with van der Waals surface area (Å²) in [6, 6.07) is 2.78. The Balaban J connectivity index is 0.000000263. The molecule has 2 aromatic heterocycles. The average molecular weight is 380 g/mol. The van der Waals surface area contributed by atoms with Gasteiger partial charge in [0, 0.05) is 14.1 Å². The second-order valence-electron chi connectivity index (χ2n) is 5.24. The molecule has 0 radical (unpaired) electrons. The number of alkyl halides is 4. The topological polar surface area (TPSA) is 82.2 Å². The Morgan fingerprint density at radius 1 is 1.08 bits per heavy atom. The largest absolute Gasteiger partial charge is 0.464 e. The number of aliphatic hydroxyl groups is 1. The molecule has 0 fully saturated rings. The smallest absolute Gasteiger partial charge is 0.356 e. The van der Waals surface area contributed by atoms with Gasteiger partial charge < -0.3 is 9.84 Å². The molecular formula is C15H20F4N4O3. The molecule has 0 atom stereocenters. The molecule has 11 heteroatoms. The van der Waals surface area contributed by atoms with Crippen molar-refractivity contribution >= 4 is 5.97 Å². The van der Waals surface area contributed by atoms with Gasteiger partial charge in [0.05, 0.1) is 43.6 Å². The second kappa shape index (κ2) is 9.90. The van der Waals surface area contributed by atoms with E-state index < -0.39 is 25.2 Å². The number of carbonyl (C=O) groups is 1. The van der Waals surface area contributed by atoms with Gasteiger partial charge >= 0.3 is 5.97 Å². The van der Waals surface area contributed by atoms with Crippen molar-refractivity contribution in [2.24, 2.45) is 14.1 Å². The van der Waals surface area contributed by atoms with E-state index >= 15 is 0 Å². The fourth-order valence-corrected chi connectivity index (χ4v) is 2.06. The van der Waals surface area contributed by atoms with Crippen LogP contribution in [0.2, 0.25) is 0 Å². The fraction of sp³-hybridized carbons (Fsp3) is 0.533. The summed E-state index contributed by atoms with van der Waals surface area (Å²) in [5.41, 5.74) is 1.22. The average Bonchev–Trinajstić information content (AvgIpc) is 3.08. The van der Waals surface area contributed by atoms with E-state index in [1.165, 1.54) is 35.7 Å². The molecule has 7 nitrogen and oxygen atoms in total. The van der Waals surface area contributed by atoms with Crippen molar-refractivity contribution in [2.45, 2.75) is 32.3 Å². The second-order valence-corrected chi connectivity index (χ2v) is 5.24. The zero-order valence-electron chi connectivity index (χ0n) is 14.5. The predicted octanol–water partition coefficient (Wildman–Crippen LogP) is 1.73. The zero-order chi connectivity index (χ0) is 19.9. The van der Waals surface area contributed by atoms with Crippen LogP contribution in [0.25, 0.3) is 0 Å². The number of carbonyl (C=O) groups excluding carboxylic acids is 1. The summed E-state index contributed by atoms with van der Waals surface area (Å²) < 4.78 is 54.7. The van der Waals surface area contributed by atoms with Crippen LogP contribution in [-0.4, -0.2) is 50.6 Å². The quantitative estimate of drug-likeness (QED) is 0.610. The van der Waals surface area contributed by atoms with E-state index in [0.717, 1.165) is 0 Å². The molecule has 0 aliphatic heterocycles. The number of rotatable bonds is 6. The molecule has 0 aliphatic rings. The highest BCUT2D eigenvalue weighted by Gasteiger charge is 2.15. The third-order valence-electron chi connectivity index (χ3n) is 3.24. The van der Waals surface area contributed by atoms with Crippen LogP contribution < -0.4 is 0 Å². The first-order chi connectivity index (χ1) is 12.2. The molecule has 0 bridgehead atoms. The van der Waals surface area contributed by atoms with E-state index in [0.29, 0.717) is 11.4 Å². The summed E-state index contributed by atoms with van der Waals surface area (Å²) in [5, 5.41) is 16.3. The molecule has 0 aromatic carbocycles. The van der Waals surface area contributed by atoms with Crippen LogP contribution in [0.4, 0.5) is 17.6 Å². The zero-order valence-corrected chi connectivity index (χ0v) is 14.5. The highest BCUT2D eigenvalue weighted by atomic mass is 19.3. The van der Waals surface area contributed by atoms with E-state index in [1.54, 1.807) is 7.05 Å². The van der Waals surface area contributed by atoms with Crippen LogP contribution in [0.3, 0.4) is 0 Å². The number of aromatic nitrogens is 4. The van der Waals surface area contributed by atoms with Gasteiger partial charge in [-0.2, -0.15) is 10.2 Å². The van der Waals surface area contributed by atoms with Crippen LogP contribution in [0.15, 0.2) is 12.1 Å². The lowest BCUT2D eigenvalue weighted by Crippen LogP contribution is -2.07. The van der Waals surface area contributed by atoms with Crippen molar-refractivity contribution in [1.82, 2.24) is 19.6 Å². The summed E-state index contributed by atoms with van der Waals surface area (Å²) in [5.74, 6) is -0.583. The number of halogens is 4. The Hall–Kier alpha value is -2.43. The number of ether oxygens (including phenoxy) is 1. The summed E-state index contributed by atoms with van der Waals surface area (Å²) in [4.78, 5) is 11.1. The van der Waals surface area contributed by atoms with Crippen molar-refractivity contribution in [2.75, 3.05) is 7.11 Å². The fourth-order valence-electron chi connectivity index (χ4n) is 2.06. The molecule has 2 heterocycles. The van der Waals surface area contributed by atoms with Crippen LogP contribution >= 0.6 is 0 Å². The van der Waals surface area contributed by atoms with Gasteiger partial charge in [-0.25, -0.2) is 22.4 Å². The minimum atomic E-state index is -2.46. The first kappa shape index (κ1) is 21.6. The molecule has 26 heavy (non-hydrogen) atoms. The van der Waals surface area contributed by atoms with E-state index in [2.05, 4.69) is 14.9 Å². The SMILES string of the molecule is COC(=O)c1cc(CC(F)F)nn1C.Cn1nc(CC(F)F)cc1CO. The molecule has 0 saturated heterocycles. The Morgan fingerprint density at radius 2 is 1.58 bits per heavy atom. The lowest BCUT2D eigenvalue weighted by molar-refractivity contribution is 0.0588. The first-order valence-corrected chi connectivity index (χ1v) is 7.48. The Bertz CT molecular complexity index is 716. The highest BCUT2D eigenvalue weighted by Crippen LogP contribution is 2.09. The van der Waals surface area contributed by atoms with Gasteiger partial charge in [-0.3, -0.25) is 9.36 Å². The standard InChI is InChI=1S/C8H10F2N2O2.C7H10F2N2O/c1-12-6(8(13)14-2)3-5(11-12)4-7(9)10;1-11-6(4-12)2-5(10-11)3-7(8)9/h3,7H,4H2,1-2H3;2,7,12H,3-4H2,1H3. The van der Waals surface area contributed by atoms with Crippen LogP contribution in [0, 0.1) is 0 Å². The van der Waals surface area contributed by atoms with Crippen LogP contribution in [-0.2, 0) is 38.3 Å². The van der Waals surface area contributed by atoms with Gasteiger partial charge in [0.2, 0.25) is 12.9 Å². The Labute approximate surface area is 147 Å². The lowest BCUT2D eigenvalue weighted by atomic mass is 10.3. The molecule has 0 saturated carbocycles. The monoisotopic (exact) mass is 380 g/mol. The molecule has 1 N–H and O–H groups in total. The molecular weight excluding hydrogens is 360 g/mol. The van der Waals surface area contributed by atoms with Gasteiger partial charge in [0.25, 0.3) is 0 Å². The number of methoxy groups -OCH3 is 1. The number of esters is 1. The summed E-state index contributed by atoms with van der Waals surface area (Å²) in [6.07, 6.45) is -5.65. The van der Waals surface area contributed by atoms with Crippen molar-refractivity contribution < 1.29 is 32.2 Å². The maximum atomic E-state index is 12.0. The van der Waals surface area contributed by atoms with Crippen LogP contribution in [0.1, 0.15) is 27.6 Å². The van der Waals surface area contributed by atoms with Crippen molar-refractivity contribution in [3.63, 3.8) is 0 Å². The van der Waals surface area contributed by atoms with E-state index in [1.807, 2.05) is 0 Å². The minimum absolute atomic E-state index is 0.170. The van der Waals surface area contributed by atoms with Crippen molar-refractivity contribution in [3.8, 4) is 0 Å². The molecule has 2 rings (SSSR count). The van der Waals surface area contributed by atoms with Gasteiger partial charge in [-0.1, -0.05) is 0 Å². The van der Waals surface area contributed by atoms with E-state index in [4.69, 9.17) is 5.11 Å². The summed E-state index contributed by atoms with van der Waals surface area (Å²) >= 11 is 0. The molecule has 2 aromatic rings. The third kappa shape index (κ3) is 6.47. The maximum absolute atomic E-state index is 12.0. The summed E-state index contributed by atoms with van der Waals surface area (Å²) in [7, 11) is 4.34. The Kier molecular flexibility index (Phi) is 8.23. The number of hydrogen-bond acceptors (Lipinski definition) is 5. The number of nitrogens with zero attached hydrogens (tertiary/aromatic N) is 4. The van der Waals surface area contributed by atoms with Crippen molar-refractivity contribution in [3.05, 3.63) is 34.9 Å². The molecule has 0 aliphatic carbocycles. The van der Waals surface area contributed by atoms with Crippen molar-refractivity contribution in [1.29, 1.82) is 0 Å². The number of hydrogen-bond donors (Lipinski definition) is 1.